The van der Waals surface area contributed by atoms with E-state index in [1.54, 1.807) is 24.1 Å². The molecule has 3 aromatic rings. The molecule has 1 aliphatic heterocycles. The van der Waals surface area contributed by atoms with Crippen LogP contribution in [0, 0.1) is 5.82 Å². The quantitative estimate of drug-likeness (QED) is 0.587. The van der Waals surface area contributed by atoms with Crippen molar-refractivity contribution in [1.29, 1.82) is 0 Å². The Morgan fingerprint density at radius 1 is 1.36 bits per heavy atom. The van der Waals surface area contributed by atoms with Crippen LogP contribution in [0.15, 0.2) is 36.4 Å². The number of hydrogen-bond donors (Lipinski definition) is 0. The second kappa shape index (κ2) is 8.03. The van der Waals surface area contributed by atoms with Crippen LogP contribution in [0.25, 0.3) is 10.2 Å². The summed E-state index contributed by atoms with van der Waals surface area (Å²) < 4.78 is 25.1. The minimum atomic E-state index is -0.390. The van der Waals surface area contributed by atoms with Crippen LogP contribution in [0.2, 0.25) is 5.02 Å². The Morgan fingerprint density at radius 2 is 2.14 bits per heavy atom. The van der Waals surface area contributed by atoms with Gasteiger partial charge in [0.25, 0.3) is 5.91 Å². The number of halogens is 2. The van der Waals surface area contributed by atoms with Gasteiger partial charge < -0.3 is 9.47 Å². The third-order valence-corrected chi connectivity index (χ3v) is 6.18. The molecule has 0 spiro atoms. The maximum atomic E-state index is 13.3. The molecule has 0 N–H and O–H groups in total. The Hall–Kier alpha value is -2.22. The second-order valence-corrected chi connectivity index (χ2v) is 7.87. The normalized spacial score (nSPS) is 16.5. The van der Waals surface area contributed by atoms with Crippen LogP contribution >= 0.6 is 22.9 Å². The average Bonchev–Trinajstić information content (AvgIpc) is 3.37. The van der Waals surface area contributed by atoms with Gasteiger partial charge in [0.1, 0.15) is 17.1 Å². The highest BCUT2D eigenvalue weighted by atomic mass is 35.5. The lowest BCUT2D eigenvalue weighted by molar-refractivity contribution is 0.0917. The molecule has 0 bridgehead atoms. The van der Waals surface area contributed by atoms with Crippen molar-refractivity contribution in [2.24, 2.45) is 0 Å². The van der Waals surface area contributed by atoms with Crippen molar-refractivity contribution in [2.45, 2.75) is 18.9 Å². The summed E-state index contributed by atoms with van der Waals surface area (Å²) in [6.45, 7) is 1.05. The van der Waals surface area contributed by atoms with Crippen molar-refractivity contribution in [1.82, 2.24) is 4.98 Å². The first kappa shape index (κ1) is 19.1. The zero-order valence-corrected chi connectivity index (χ0v) is 16.7. The van der Waals surface area contributed by atoms with E-state index in [1.807, 2.05) is 0 Å². The maximum absolute atomic E-state index is 13.3. The fraction of sp³-hybridized carbons (Fsp3) is 0.300. The third kappa shape index (κ3) is 3.70. The standard InChI is InChI=1S/C20H18ClFN2O3S/c1-26-16-9-8-15(21)18-17(16)23-20(28-18)24(11-14-3-2-10-27-14)19(25)12-4-6-13(22)7-5-12/h4-9,14H,2-3,10-11H2,1H3. The lowest BCUT2D eigenvalue weighted by atomic mass is 10.1. The van der Waals surface area contributed by atoms with E-state index in [0.29, 0.717) is 40.1 Å². The van der Waals surface area contributed by atoms with Crippen LogP contribution < -0.4 is 9.64 Å². The molecule has 0 saturated carbocycles. The monoisotopic (exact) mass is 420 g/mol. The Morgan fingerprint density at radius 3 is 2.82 bits per heavy atom. The van der Waals surface area contributed by atoms with E-state index in [9.17, 15) is 9.18 Å². The first-order valence-electron chi connectivity index (χ1n) is 8.89. The fourth-order valence-electron chi connectivity index (χ4n) is 3.21. The second-order valence-electron chi connectivity index (χ2n) is 6.48. The number of anilines is 1. The van der Waals surface area contributed by atoms with E-state index < -0.39 is 5.82 Å². The van der Waals surface area contributed by atoms with Crippen molar-refractivity contribution in [3.8, 4) is 5.75 Å². The molecule has 1 amide bonds. The minimum absolute atomic E-state index is 0.0613. The van der Waals surface area contributed by atoms with Gasteiger partial charge in [0.15, 0.2) is 5.13 Å². The number of hydrogen-bond acceptors (Lipinski definition) is 5. The van der Waals surface area contributed by atoms with Gasteiger partial charge in [-0.25, -0.2) is 9.37 Å². The molecular weight excluding hydrogens is 403 g/mol. The summed E-state index contributed by atoms with van der Waals surface area (Å²) in [6.07, 6.45) is 1.78. The zero-order chi connectivity index (χ0) is 19.7. The van der Waals surface area contributed by atoms with E-state index in [0.717, 1.165) is 17.5 Å². The molecule has 146 valence electrons. The summed E-state index contributed by atoms with van der Waals surface area (Å²) in [5.41, 5.74) is 0.996. The fourth-order valence-corrected chi connectivity index (χ4v) is 4.47. The van der Waals surface area contributed by atoms with Crippen LogP contribution in [-0.2, 0) is 4.74 Å². The van der Waals surface area contributed by atoms with Gasteiger partial charge in [0, 0.05) is 12.2 Å². The Labute approximate surface area is 170 Å². The molecule has 1 aromatic heterocycles. The number of thiazole rings is 1. The molecule has 5 nitrogen and oxygen atoms in total. The van der Waals surface area contributed by atoms with Gasteiger partial charge in [-0.05, 0) is 49.2 Å². The molecular formula is C20H18ClFN2O3S. The van der Waals surface area contributed by atoms with Gasteiger partial charge in [0.2, 0.25) is 0 Å². The molecule has 2 aromatic carbocycles. The summed E-state index contributed by atoms with van der Waals surface area (Å²) in [5.74, 6) is -0.0587. The number of carbonyl (C=O) groups is 1. The summed E-state index contributed by atoms with van der Waals surface area (Å²) in [5, 5.41) is 1.05. The molecule has 28 heavy (non-hydrogen) atoms. The highest BCUT2D eigenvalue weighted by molar-refractivity contribution is 7.23. The molecule has 1 aliphatic rings. The van der Waals surface area contributed by atoms with Gasteiger partial charge in [-0.1, -0.05) is 22.9 Å². The molecule has 0 aliphatic carbocycles. The topological polar surface area (TPSA) is 51.7 Å². The number of rotatable bonds is 5. The number of carbonyl (C=O) groups excluding carboxylic acids is 1. The number of fused-ring (bicyclic) bond motifs is 1. The predicted molar refractivity (Wildman–Crippen MR) is 108 cm³/mol. The Balaban J connectivity index is 1.76. The highest BCUT2D eigenvalue weighted by Crippen LogP contribution is 2.39. The van der Waals surface area contributed by atoms with Crippen molar-refractivity contribution in [2.75, 3.05) is 25.2 Å². The molecule has 0 radical (unpaired) electrons. The van der Waals surface area contributed by atoms with Gasteiger partial charge in [0.05, 0.1) is 29.5 Å². The number of ether oxygens (including phenoxy) is 2. The minimum Gasteiger partial charge on any atom is -0.494 e. The van der Waals surface area contributed by atoms with E-state index in [-0.39, 0.29) is 12.0 Å². The number of benzene rings is 2. The van der Waals surface area contributed by atoms with Crippen LogP contribution in [0.3, 0.4) is 0 Å². The SMILES string of the molecule is COc1ccc(Cl)c2sc(N(CC3CCCO3)C(=O)c3ccc(F)cc3)nc12. The van der Waals surface area contributed by atoms with Crippen molar-refractivity contribution >= 4 is 44.2 Å². The highest BCUT2D eigenvalue weighted by Gasteiger charge is 2.28. The lowest BCUT2D eigenvalue weighted by Gasteiger charge is -2.23. The number of aromatic nitrogens is 1. The number of methoxy groups -OCH3 is 1. The summed E-state index contributed by atoms with van der Waals surface area (Å²) in [6, 6.07) is 8.99. The van der Waals surface area contributed by atoms with Crippen LogP contribution in [0.5, 0.6) is 5.75 Å². The Bertz CT molecular complexity index is 1000. The van der Waals surface area contributed by atoms with Gasteiger partial charge >= 0.3 is 0 Å². The summed E-state index contributed by atoms with van der Waals surface area (Å²) >= 11 is 7.66. The molecule has 1 atom stereocenters. The Kier molecular flexibility index (Phi) is 5.48. The van der Waals surface area contributed by atoms with Crippen LogP contribution in [-0.4, -0.2) is 37.3 Å². The van der Waals surface area contributed by atoms with Gasteiger partial charge in [-0.2, -0.15) is 0 Å². The summed E-state index contributed by atoms with van der Waals surface area (Å²) in [7, 11) is 1.56. The third-order valence-electron chi connectivity index (χ3n) is 4.64. The van der Waals surface area contributed by atoms with Gasteiger partial charge in [-0.15, -0.1) is 0 Å². The maximum Gasteiger partial charge on any atom is 0.260 e. The van der Waals surface area contributed by atoms with Crippen molar-refractivity contribution in [3.05, 3.63) is 52.8 Å². The lowest BCUT2D eigenvalue weighted by Crippen LogP contribution is -2.37. The van der Waals surface area contributed by atoms with E-state index in [1.165, 1.54) is 35.6 Å². The molecule has 8 heteroatoms. The summed E-state index contributed by atoms with van der Waals surface area (Å²) in [4.78, 5) is 19.4. The van der Waals surface area contributed by atoms with E-state index in [2.05, 4.69) is 4.98 Å². The average molecular weight is 421 g/mol. The predicted octanol–water partition coefficient (Wildman–Crippen LogP) is 4.92. The molecule has 2 heterocycles. The van der Waals surface area contributed by atoms with E-state index >= 15 is 0 Å². The number of amides is 1. The van der Waals surface area contributed by atoms with E-state index in [4.69, 9.17) is 21.1 Å². The van der Waals surface area contributed by atoms with Crippen LogP contribution in [0.1, 0.15) is 23.2 Å². The zero-order valence-electron chi connectivity index (χ0n) is 15.2. The molecule has 1 saturated heterocycles. The molecule has 1 fully saturated rings. The van der Waals surface area contributed by atoms with Crippen molar-refractivity contribution in [3.63, 3.8) is 0 Å². The smallest absolute Gasteiger partial charge is 0.260 e. The number of nitrogens with zero attached hydrogens (tertiary/aromatic N) is 2. The van der Waals surface area contributed by atoms with Gasteiger partial charge in [-0.3, -0.25) is 9.69 Å². The largest absolute Gasteiger partial charge is 0.494 e. The first-order chi connectivity index (χ1) is 13.6. The first-order valence-corrected chi connectivity index (χ1v) is 10.1. The van der Waals surface area contributed by atoms with Crippen LogP contribution in [0.4, 0.5) is 9.52 Å². The molecule has 1 unspecified atom stereocenters. The van der Waals surface area contributed by atoms with Crippen molar-refractivity contribution < 1.29 is 18.7 Å². The molecule has 4 rings (SSSR count).